The molecular weight excluding hydrogens is 406 g/mol. The Morgan fingerprint density at radius 1 is 1.03 bits per heavy atom. The Morgan fingerprint density at radius 3 is 2.76 bits per heavy atom. The molecule has 2 saturated carbocycles. The zero-order valence-electron chi connectivity index (χ0n) is 19.4. The second kappa shape index (κ2) is 8.90. The van der Waals surface area contributed by atoms with Crippen LogP contribution in [0.2, 0.25) is 0 Å². The van der Waals surface area contributed by atoms with Gasteiger partial charge in [-0.15, -0.1) is 0 Å². The fourth-order valence-electron chi connectivity index (χ4n) is 5.84. The van der Waals surface area contributed by atoms with Crippen LogP contribution < -0.4 is 5.32 Å². The third-order valence-corrected chi connectivity index (χ3v) is 7.86. The maximum atomic E-state index is 5.46. The van der Waals surface area contributed by atoms with Crippen molar-refractivity contribution in [3.63, 3.8) is 0 Å². The van der Waals surface area contributed by atoms with Crippen molar-refractivity contribution in [2.24, 2.45) is 11.8 Å². The van der Waals surface area contributed by atoms with Crippen molar-refractivity contribution >= 4 is 16.3 Å². The summed E-state index contributed by atoms with van der Waals surface area (Å²) in [5.74, 6) is 3.44. The lowest BCUT2D eigenvalue weighted by atomic mass is 9.75. The standard InChI is InChI=1S/C29H33N3O/c1-19(26-11-5-7-21-6-2-3-10-27(21)26)30-25-9-4-8-24(18-25)20-12-14-22(15-13-20)28-31-29(33-32-28)23-16-17-23/h2-3,5-7,10-12,14-15,19-20,23-25,30H,4,8-9,13,16-18H2,1H3/t19-,20?,24+,25+/m1/s1. The first-order valence-corrected chi connectivity index (χ1v) is 12.7. The molecule has 1 heterocycles. The molecule has 1 aromatic heterocycles. The summed E-state index contributed by atoms with van der Waals surface area (Å²) in [5.41, 5.74) is 2.53. The average molecular weight is 440 g/mol. The average Bonchev–Trinajstić information content (AvgIpc) is 3.60. The van der Waals surface area contributed by atoms with Gasteiger partial charge in [0, 0.05) is 23.6 Å². The molecule has 0 aliphatic heterocycles. The van der Waals surface area contributed by atoms with Gasteiger partial charge in [0.25, 0.3) is 0 Å². The lowest BCUT2D eigenvalue weighted by molar-refractivity contribution is 0.228. The molecule has 0 bridgehead atoms. The number of aromatic nitrogens is 2. The van der Waals surface area contributed by atoms with E-state index in [1.807, 2.05) is 0 Å². The summed E-state index contributed by atoms with van der Waals surface area (Å²) in [5, 5.41) is 10.9. The summed E-state index contributed by atoms with van der Waals surface area (Å²) < 4.78 is 5.46. The first kappa shape index (κ1) is 20.9. The number of nitrogens with one attached hydrogen (secondary N) is 1. The molecule has 1 unspecified atom stereocenters. The smallest absolute Gasteiger partial charge is 0.230 e. The molecule has 0 amide bonds. The highest BCUT2D eigenvalue weighted by molar-refractivity contribution is 5.86. The fraction of sp³-hybridized carbons (Fsp3) is 0.448. The summed E-state index contributed by atoms with van der Waals surface area (Å²) in [6.07, 6.45) is 15.6. The van der Waals surface area contributed by atoms with E-state index in [-0.39, 0.29) is 0 Å². The van der Waals surface area contributed by atoms with Gasteiger partial charge in [-0.1, -0.05) is 72.3 Å². The van der Waals surface area contributed by atoms with Gasteiger partial charge in [0.05, 0.1) is 0 Å². The van der Waals surface area contributed by atoms with E-state index >= 15 is 0 Å². The summed E-state index contributed by atoms with van der Waals surface area (Å²) in [6.45, 7) is 2.32. The van der Waals surface area contributed by atoms with Crippen LogP contribution in [0.15, 0.2) is 65.2 Å². The van der Waals surface area contributed by atoms with Gasteiger partial charge in [0.15, 0.2) is 0 Å². The highest BCUT2D eigenvalue weighted by Crippen LogP contribution is 2.40. The fourth-order valence-corrected chi connectivity index (χ4v) is 5.84. The van der Waals surface area contributed by atoms with Gasteiger partial charge in [-0.05, 0) is 73.6 Å². The number of benzene rings is 2. The van der Waals surface area contributed by atoms with Gasteiger partial charge in [-0.25, -0.2) is 0 Å². The number of hydrogen-bond acceptors (Lipinski definition) is 4. The molecule has 4 heteroatoms. The Kier molecular flexibility index (Phi) is 5.63. The number of hydrogen-bond donors (Lipinski definition) is 1. The summed E-state index contributed by atoms with van der Waals surface area (Å²) >= 11 is 0. The van der Waals surface area contributed by atoms with Crippen LogP contribution >= 0.6 is 0 Å². The molecule has 0 saturated heterocycles. The summed E-state index contributed by atoms with van der Waals surface area (Å²) in [7, 11) is 0. The SMILES string of the molecule is C[C@@H](N[C@H]1CCC[C@H](C2C=CC(c3noc(C4CC4)n3)=CC2)C1)c1cccc2ccccc12. The third kappa shape index (κ3) is 4.41. The monoisotopic (exact) mass is 439 g/mol. The first-order valence-electron chi connectivity index (χ1n) is 12.7. The number of nitrogens with zero attached hydrogens (tertiary/aromatic N) is 2. The van der Waals surface area contributed by atoms with Crippen LogP contribution in [0.3, 0.4) is 0 Å². The van der Waals surface area contributed by atoms with Gasteiger partial charge in [-0.3, -0.25) is 0 Å². The predicted molar refractivity (Wildman–Crippen MR) is 133 cm³/mol. The Hall–Kier alpha value is -2.72. The highest BCUT2D eigenvalue weighted by atomic mass is 16.5. The van der Waals surface area contributed by atoms with E-state index < -0.39 is 0 Å². The highest BCUT2D eigenvalue weighted by Gasteiger charge is 2.31. The van der Waals surface area contributed by atoms with E-state index in [0.717, 1.165) is 29.6 Å². The van der Waals surface area contributed by atoms with Crippen molar-refractivity contribution in [1.29, 1.82) is 0 Å². The van der Waals surface area contributed by atoms with Gasteiger partial charge >= 0.3 is 0 Å². The van der Waals surface area contributed by atoms with Gasteiger partial charge < -0.3 is 9.84 Å². The Morgan fingerprint density at radius 2 is 1.91 bits per heavy atom. The van der Waals surface area contributed by atoms with Crippen molar-refractivity contribution in [2.45, 2.75) is 69.9 Å². The van der Waals surface area contributed by atoms with Crippen LogP contribution in [0, 0.1) is 11.8 Å². The van der Waals surface area contributed by atoms with E-state index in [0.29, 0.717) is 23.9 Å². The van der Waals surface area contributed by atoms with Crippen molar-refractivity contribution in [3.05, 3.63) is 78.0 Å². The molecule has 1 N–H and O–H groups in total. The third-order valence-electron chi connectivity index (χ3n) is 7.86. The Bertz CT molecular complexity index is 1180. The van der Waals surface area contributed by atoms with E-state index in [1.54, 1.807) is 0 Å². The van der Waals surface area contributed by atoms with Crippen LogP contribution in [0.4, 0.5) is 0 Å². The quantitative estimate of drug-likeness (QED) is 0.451. The van der Waals surface area contributed by atoms with Crippen LogP contribution in [0.1, 0.15) is 81.1 Å². The van der Waals surface area contributed by atoms with Crippen LogP contribution in [-0.4, -0.2) is 16.2 Å². The normalized spacial score (nSPS) is 26.3. The summed E-state index contributed by atoms with van der Waals surface area (Å²) in [6, 6.07) is 16.3. The number of fused-ring (bicyclic) bond motifs is 1. The topological polar surface area (TPSA) is 51.0 Å². The van der Waals surface area contributed by atoms with Crippen molar-refractivity contribution in [1.82, 2.24) is 15.5 Å². The molecule has 170 valence electrons. The molecule has 2 aromatic carbocycles. The van der Waals surface area contributed by atoms with E-state index in [2.05, 4.69) is 83.1 Å². The lowest BCUT2D eigenvalue weighted by Crippen LogP contribution is -2.37. The minimum absolute atomic E-state index is 0.354. The van der Waals surface area contributed by atoms with Crippen LogP contribution in [0.5, 0.6) is 0 Å². The second-order valence-electron chi connectivity index (χ2n) is 10.2. The molecule has 4 atom stereocenters. The minimum atomic E-state index is 0.354. The second-order valence-corrected chi connectivity index (χ2v) is 10.2. The predicted octanol–water partition coefficient (Wildman–Crippen LogP) is 6.97. The van der Waals surface area contributed by atoms with E-state index in [9.17, 15) is 0 Å². The van der Waals surface area contributed by atoms with Crippen LogP contribution in [0.25, 0.3) is 16.3 Å². The molecule has 33 heavy (non-hydrogen) atoms. The molecule has 0 spiro atoms. The summed E-state index contributed by atoms with van der Waals surface area (Å²) in [4.78, 5) is 4.62. The van der Waals surface area contributed by atoms with Gasteiger partial charge in [0.1, 0.15) is 0 Å². The van der Waals surface area contributed by atoms with Gasteiger partial charge in [0.2, 0.25) is 11.7 Å². The number of allylic oxidation sites excluding steroid dienone is 4. The zero-order valence-corrected chi connectivity index (χ0v) is 19.4. The molecule has 0 radical (unpaired) electrons. The molecule has 6 rings (SSSR count). The molecular formula is C29H33N3O. The number of rotatable bonds is 6. The van der Waals surface area contributed by atoms with Crippen molar-refractivity contribution in [2.75, 3.05) is 0 Å². The zero-order chi connectivity index (χ0) is 22.2. The van der Waals surface area contributed by atoms with Crippen molar-refractivity contribution in [3.8, 4) is 0 Å². The Balaban J connectivity index is 1.09. The maximum Gasteiger partial charge on any atom is 0.230 e. The van der Waals surface area contributed by atoms with E-state index in [1.165, 1.54) is 54.9 Å². The molecule has 2 fully saturated rings. The van der Waals surface area contributed by atoms with Crippen LogP contribution in [-0.2, 0) is 0 Å². The first-order chi connectivity index (χ1) is 16.2. The molecule has 3 aromatic rings. The Labute approximate surface area is 196 Å². The van der Waals surface area contributed by atoms with Crippen molar-refractivity contribution < 1.29 is 4.52 Å². The molecule has 3 aliphatic rings. The molecule has 4 nitrogen and oxygen atoms in total. The largest absolute Gasteiger partial charge is 0.339 e. The maximum absolute atomic E-state index is 5.46. The van der Waals surface area contributed by atoms with E-state index in [4.69, 9.17) is 4.52 Å². The lowest BCUT2D eigenvalue weighted by Gasteiger charge is -2.36. The molecule has 3 aliphatic carbocycles. The minimum Gasteiger partial charge on any atom is -0.339 e. The van der Waals surface area contributed by atoms with Gasteiger partial charge in [-0.2, -0.15) is 4.98 Å².